The maximum absolute atomic E-state index is 13.6. The van der Waals surface area contributed by atoms with Gasteiger partial charge in [0.1, 0.15) is 4.83 Å². The van der Waals surface area contributed by atoms with Crippen molar-refractivity contribution in [1.82, 2.24) is 14.5 Å². The van der Waals surface area contributed by atoms with Crippen molar-refractivity contribution in [1.29, 1.82) is 0 Å². The number of aromatic nitrogens is 2. The van der Waals surface area contributed by atoms with Gasteiger partial charge < -0.3 is 0 Å². The number of hydrogen-bond acceptors (Lipinski definition) is 6. The molecule has 0 fully saturated rings. The number of thiophene rings is 1. The Balaban J connectivity index is 1.34. The Hall–Kier alpha value is -3.23. The largest absolute Gasteiger partial charge is 0.273 e. The molecule has 2 amide bonds. The summed E-state index contributed by atoms with van der Waals surface area (Å²) < 4.78 is 1.67. The molecule has 8 heteroatoms. The first-order valence-electron chi connectivity index (χ1n) is 10.8. The van der Waals surface area contributed by atoms with Crippen LogP contribution in [0.25, 0.3) is 15.9 Å². The molecule has 0 unspecified atom stereocenters. The molecule has 0 N–H and O–H groups in total. The molecule has 1 aliphatic carbocycles. The SMILES string of the molecule is O=C1c2ccccc2C(=O)N1CCSc1nc2sc3c(c2c(=O)n1-c1ccccc1)CCC3. The molecule has 1 aliphatic heterocycles. The quantitative estimate of drug-likeness (QED) is 0.245. The highest BCUT2D eigenvalue weighted by Crippen LogP contribution is 2.36. The first-order chi connectivity index (χ1) is 16.1. The number of thioether (sulfide) groups is 1. The summed E-state index contributed by atoms with van der Waals surface area (Å²) in [6.45, 7) is 0.251. The molecule has 0 spiro atoms. The summed E-state index contributed by atoms with van der Waals surface area (Å²) in [6, 6.07) is 16.4. The van der Waals surface area contributed by atoms with Gasteiger partial charge in [0.25, 0.3) is 17.4 Å². The molecule has 3 heterocycles. The fraction of sp³-hybridized carbons (Fsp3) is 0.200. The van der Waals surface area contributed by atoms with E-state index in [2.05, 4.69) is 0 Å². The van der Waals surface area contributed by atoms with E-state index in [1.165, 1.54) is 21.5 Å². The molecule has 0 saturated carbocycles. The molecule has 2 aromatic carbocycles. The molecule has 33 heavy (non-hydrogen) atoms. The van der Waals surface area contributed by atoms with Gasteiger partial charge in [-0.25, -0.2) is 4.98 Å². The minimum absolute atomic E-state index is 0.0474. The summed E-state index contributed by atoms with van der Waals surface area (Å²) in [6.07, 6.45) is 3.01. The first-order valence-corrected chi connectivity index (χ1v) is 12.6. The minimum Gasteiger partial charge on any atom is -0.273 e. The molecule has 164 valence electrons. The number of amides is 2. The summed E-state index contributed by atoms with van der Waals surface area (Å²) in [7, 11) is 0. The van der Waals surface area contributed by atoms with Crippen molar-refractivity contribution < 1.29 is 9.59 Å². The lowest BCUT2D eigenvalue weighted by molar-refractivity contribution is 0.0664. The molecule has 0 bridgehead atoms. The smallest absolute Gasteiger partial charge is 0.267 e. The average molecular weight is 474 g/mol. The van der Waals surface area contributed by atoms with E-state index in [9.17, 15) is 14.4 Å². The lowest BCUT2D eigenvalue weighted by Crippen LogP contribution is -2.32. The summed E-state index contributed by atoms with van der Waals surface area (Å²) >= 11 is 3.01. The van der Waals surface area contributed by atoms with Crippen molar-refractivity contribution in [2.45, 2.75) is 24.4 Å². The zero-order valence-electron chi connectivity index (χ0n) is 17.6. The molecule has 6 rings (SSSR count). The molecule has 6 nitrogen and oxygen atoms in total. The van der Waals surface area contributed by atoms with Crippen LogP contribution in [0.3, 0.4) is 0 Å². The van der Waals surface area contributed by atoms with E-state index in [0.717, 1.165) is 40.7 Å². The molecule has 2 aliphatic rings. The third-order valence-electron chi connectivity index (χ3n) is 6.15. The van der Waals surface area contributed by atoms with Crippen molar-refractivity contribution in [2.75, 3.05) is 12.3 Å². The second-order valence-electron chi connectivity index (χ2n) is 8.06. The Bertz CT molecular complexity index is 1460. The van der Waals surface area contributed by atoms with E-state index in [-0.39, 0.29) is 23.9 Å². The van der Waals surface area contributed by atoms with Gasteiger partial charge >= 0.3 is 0 Å². The molecular formula is C25H19N3O3S2. The standard InChI is InChI=1S/C25H19N3O3S2/c29-22-16-9-4-5-10-17(16)23(30)27(22)13-14-32-25-26-21-20(18-11-6-12-19(18)33-21)24(31)28(25)15-7-2-1-3-8-15/h1-5,7-10H,6,11-14H2. The first kappa shape index (κ1) is 20.4. The number of rotatable bonds is 5. The second-order valence-corrected chi connectivity index (χ2v) is 10.2. The van der Waals surface area contributed by atoms with Gasteiger partial charge in [0, 0.05) is 17.2 Å². The number of aryl methyl sites for hydroxylation is 2. The van der Waals surface area contributed by atoms with E-state index < -0.39 is 0 Å². The van der Waals surface area contributed by atoms with E-state index in [4.69, 9.17) is 4.98 Å². The third kappa shape index (κ3) is 3.24. The monoisotopic (exact) mass is 473 g/mol. The van der Waals surface area contributed by atoms with Crippen LogP contribution in [0.2, 0.25) is 0 Å². The van der Waals surface area contributed by atoms with E-state index in [1.807, 2.05) is 30.3 Å². The van der Waals surface area contributed by atoms with Crippen LogP contribution in [0.4, 0.5) is 0 Å². The second kappa shape index (κ2) is 7.97. The van der Waals surface area contributed by atoms with Gasteiger partial charge in [0.15, 0.2) is 5.16 Å². The molecule has 0 saturated heterocycles. The van der Waals surface area contributed by atoms with Crippen LogP contribution in [0.5, 0.6) is 0 Å². The number of nitrogens with zero attached hydrogens (tertiary/aromatic N) is 3. The summed E-state index contributed by atoms with van der Waals surface area (Å²) in [5, 5.41) is 1.32. The van der Waals surface area contributed by atoms with Crippen LogP contribution in [-0.2, 0) is 12.8 Å². The normalized spacial score (nSPS) is 14.8. The molecule has 0 radical (unpaired) electrons. The number of benzene rings is 2. The van der Waals surface area contributed by atoms with Crippen LogP contribution >= 0.6 is 23.1 Å². The molecule has 2 aromatic heterocycles. The Morgan fingerprint density at radius 3 is 2.33 bits per heavy atom. The van der Waals surface area contributed by atoms with Crippen molar-refractivity contribution in [2.24, 2.45) is 0 Å². The Labute approximate surface area is 197 Å². The van der Waals surface area contributed by atoms with Crippen molar-refractivity contribution in [3.63, 3.8) is 0 Å². The zero-order chi connectivity index (χ0) is 22.5. The number of hydrogen-bond donors (Lipinski definition) is 0. The fourth-order valence-corrected chi connectivity index (χ4v) is 6.84. The van der Waals surface area contributed by atoms with E-state index in [0.29, 0.717) is 22.0 Å². The highest BCUT2D eigenvalue weighted by molar-refractivity contribution is 7.99. The zero-order valence-corrected chi connectivity index (χ0v) is 19.2. The summed E-state index contributed by atoms with van der Waals surface area (Å²) in [5.74, 6) is -0.0917. The Morgan fingerprint density at radius 2 is 1.61 bits per heavy atom. The lowest BCUT2D eigenvalue weighted by Gasteiger charge is -2.15. The van der Waals surface area contributed by atoms with Gasteiger partial charge in [0.2, 0.25) is 0 Å². The van der Waals surface area contributed by atoms with Crippen LogP contribution in [0, 0.1) is 0 Å². The van der Waals surface area contributed by atoms with E-state index in [1.54, 1.807) is 40.2 Å². The van der Waals surface area contributed by atoms with Crippen LogP contribution < -0.4 is 5.56 Å². The Morgan fingerprint density at radius 1 is 0.909 bits per heavy atom. The minimum atomic E-state index is -0.269. The van der Waals surface area contributed by atoms with Crippen LogP contribution in [-0.4, -0.2) is 38.6 Å². The maximum atomic E-state index is 13.6. The van der Waals surface area contributed by atoms with Crippen LogP contribution in [0.15, 0.2) is 64.5 Å². The maximum Gasteiger partial charge on any atom is 0.267 e. The average Bonchev–Trinajstić information content (AvgIpc) is 3.48. The highest BCUT2D eigenvalue weighted by Gasteiger charge is 2.34. The Kier molecular flexibility index (Phi) is 4.92. The van der Waals surface area contributed by atoms with Gasteiger partial charge in [-0.15, -0.1) is 11.3 Å². The van der Waals surface area contributed by atoms with E-state index >= 15 is 0 Å². The van der Waals surface area contributed by atoms with Gasteiger partial charge in [-0.1, -0.05) is 42.1 Å². The van der Waals surface area contributed by atoms with Crippen molar-refractivity contribution >= 4 is 45.1 Å². The van der Waals surface area contributed by atoms with Gasteiger partial charge in [-0.2, -0.15) is 0 Å². The number of carbonyl (C=O) groups is 2. The number of fused-ring (bicyclic) bond motifs is 4. The third-order valence-corrected chi connectivity index (χ3v) is 8.25. The highest BCUT2D eigenvalue weighted by atomic mass is 32.2. The van der Waals surface area contributed by atoms with Crippen molar-refractivity contribution in [3.8, 4) is 5.69 Å². The molecule has 0 atom stereocenters. The van der Waals surface area contributed by atoms with Gasteiger partial charge in [-0.3, -0.25) is 23.9 Å². The van der Waals surface area contributed by atoms with Gasteiger partial charge in [-0.05, 0) is 49.1 Å². The summed E-state index contributed by atoms with van der Waals surface area (Å²) in [4.78, 5) is 47.2. The summed E-state index contributed by atoms with van der Waals surface area (Å²) in [5.41, 5.74) is 2.76. The predicted molar refractivity (Wildman–Crippen MR) is 130 cm³/mol. The molecule has 4 aromatic rings. The van der Waals surface area contributed by atoms with Crippen LogP contribution in [0.1, 0.15) is 37.6 Å². The topological polar surface area (TPSA) is 72.3 Å². The fourth-order valence-electron chi connectivity index (χ4n) is 4.60. The molecular weight excluding hydrogens is 454 g/mol. The van der Waals surface area contributed by atoms with Gasteiger partial charge in [0.05, 0.1) is 22.2 Å². The predicted octanol–water partition coefficient (Wildman–Crippen LogP) is 4.32. The number of imide groups is 1. The number of para-hydroxylation sites is 1. The van der Waals surface area contributed by atoms with Crippen molar-refractivity contribution in [3.05, 3.63) is 86.5 Å². The lowest BCUT2D eigenvalue weighted by atomic mass is 10.1. The number of carbonyl (C=O) groups excluding carboxylic acids is 2.